The van der Waals surface area contributed by atoms with Gasteiger partial charge >= 0.3 is 12.4 Å². The minimum absolute atomic E-state index is 0.0753. The van der Waals surface area contributed by atoms with Crippen molar-refractivity contribution >= 4 is 30.3 Å². The topological polar surface area (TPSA) is 67.5 Å². The molecule has 0 saturated carbocycles. The van der Waals surface area contributed by atoms with Crippen LogP contribution in [0, 0.1) is 0 Å². The molecule has 0 aliphatic heterocycles. The highest BCUT2D eigenvalue weighted by atomic mass is 32.2. The molecule has 11 heteroatoms. The fourth-order valence-electron chi connectivity index (χ4n) is 2.50. The Bertz CT molecular complexity index is 981. The third-order valence-corrected chi connectivity index (χ3v) is 4.71. The normalized spacial score (nSPS) is 12.9. The van der Waals surface area contributed by atoms with Gasteiger partial charge in [0.25, 0.3) is 5.91 Å². The first kappa shape index (κ1) is 23.5. The number of benzene rings is 2. The van der Waals surface area contributed by atoms with Crippen LogP contribution in [0.2, 0.25) is 0 Å². The van der Waals surface area contributed by atoms with Crippen LogP contribution in [0.25, 0.3) is 11.1 Å². The van der Waals surface area contributed by atoms with Crippen molar-refractivity contribution in [2.24, 2.45) is 10.1 Å². The van der Waals surface area contributed by atoms with Crippen molar-refractivity contribution in [1.29, 1.82) is 0 Å². The van der Waals surface area contributed by atoms with Gasteiger partial charge in [0.15, 0.2) is 0 Å². The molecule has 3 N–H and O–H groups in total. The largest absolute Gasteiger partial charge is 0.417 e. The van der Waals surface area contributed by atoms with Crippen LogP contribution in [0.1, 0.15) is 18.1 Å². The SMILES string of the molecule is C=N/C(C)=C(\SN)C(=O)Nc1ccc(-c2cc(C(F)(F)F)ccc2C(F)(F)F)cc1. The number of hydrogen-bond donors (Lipinski definition) is 2. The molecule has 160 valence electrons. The number of carbonyl (C=O) groups excluding carboxylic acids is 1. The molecule has 0 saturated heterocycles. The second-order valence-electron chi connectivity index (χ2n) is 5.98. The quantitative estimate of drug-likeness (QED) is 0.261. The van der Waals surface area contributed by atoms with E-state index in [4.69, 9.17) is 5.14 Å². The molecule has 2 aromatic rings. The Morgan fingerprint density at radius 1 is 1.03 bits per heavy atom. The molecule has 0 spiro atoms. The van der Waals surface area contributed by atoms with Crippen molar-refractivity contribution in [3.63, 3.8) is 0 Å². The van der Waals surface area contributed by atoms with E-state index in [-0.39, 0.29) is 21.9 Å². The average molecular weight is 447 g/mol. The third kappa shape index (κ3) is 5.42. The molecule has 2 aromatic carbocycles. The monoisotopic (exact) mass is 447 g/mol. The van der Waals surface area contributed by atoms with Crippen LogP contribution in [0.5, 0.6) is 0 Å². The molecular formula is C19H15F6N3OS. The maximum absolute atomic E-state index is 13.3. The summed E-state index contributed by atoms with van der Waals surface area (Å²) in [6.07, 6.45) is -9.65. The first-order chi connectivity index (χ1) is 13.9. The molecule has 0 aliphatic carbocycles. The van der Waals surface area contributed by atoms with Crippen LogP contribution in [0.15, 0.2) is 58.1 Å². The lowest BCUT2D eigenvalue weighted by Gasteiger charge is -2.16. The summed E-state index contributed by atoms with van der Waals surface area (Å²) < 4.78 is 78.7. The number of rotatable bonds is 5. The molecule has 2 rings (SSSR count). The number of carbonyl (C=O) groups is 1. The van der Waals surface area contributed by atoms with E-state index in [0.29, 0.717) is 30.1 Å². The Balaban J connectivity index is 2.43. The van der Waals surface area contributed by atoms with Crippen molar-refractivity contribution < 1.29 is 31.1 Å². The number of amides is 1. The molecule has 0 radical (unpaired) electrons. The first-order valence-electron chi connectivity index (χ1n) is 8.13. The number of halogens is 6. The van der Waals surface area contributed by atoms with Crippen molar-refractivity contribution in [1.82, 2.24) is 0 Å². The highest BCUT2D eigenvalue weighted by Crippen LogP contribution is 2.40. The molecule has 0 aliphatic rings. The van der Waals surface area contributed by atoms with Gasteiger partial charge in [-0.15, -0.1) is 0 Å². The van der Waals surface area contributed by atoms with E-state index in [1.165, 1.54) is 31.2 Å². The molecule has 30 heavy (non-hydrogen) atoms. The molecule has 1 amide bonds. The maximum atomic E-state index is 13.3. The summed E-state index contributed by atoms with van der Waals surface area (Å²) >= 11 is 0.641. The molecule has 0 atom stereocenters. The van der Waals surface area contributed by atoms with E-state index in [9.17, 15) is 31.1 Å². The van der Waals surface area contributed by atoms with Gasteiger partial charge in [-0.05, 0) is 67.0 Å². The van der Waals surface area contributed by atoms with Crippen LogP contribution >= 0.6 is 11.9 Å². The Morgan fingerprint density at radius 3 is 2.10 bits per heavy atom. The predicted molar refractivity (Wildman–Crippen MR) is 105 cm³/mol. The van der Waals surface area contributed by atoms with E-state index in [1.54, 1.807) is 0 Å². The van der Waals surface area contributed by atoms with Gasteiger partial charge in [0.05, 0.1) is 16.8 Å². The highest BCUT2D eigenvalue weighted by molar-refractivity contribution is 8.01. The molecule has 0 unspecified atom stereocenters. The average Bonchev–Trinajstić information content (AvgIpc) is 2.67. The zero-order chi connectivity index (χ0) is 22.7. The summed E-state index contributed by atoms with van der Waals surface area (Å²) in [4.78, 5) is 15.9. The van der Waals surface area contributed by atoms with Crippen LogP contribution in [0.4, 0.5) is 32.0 Å². The third-order valence-electron chi connectivity index (χ3n) is 4.00. The smallest absolute Gasteiger partial charge is 0.321 e. The van der Waals surface area contributed by atoms with Gasteiger partial charge in [-0.25, -0.2) is 0 Å². The Kier molecular flexibility index (Phi) is 6.99. The number of nitrogens with one attached hydrogen (secondary N) is 1. The standard InChI is InChI=1S/C19H15F6N3OS/c1-10(27-2)16(30-26)17(29)28-13-6-3-11(4-7-13)14-9-12(18(20,21)22)5-8-15(14)19(23,24)25/h3-9H,2,26H2,1H3,(H,28,29)/b16-10-. The van der Waals surface area contributed by atoms with Crippen LogP contribution < -0.4 is 10.5 Å². The summed E-state index contributed by atoms with van der Waals surface area (Å²) in [5.74, 6) is -0.616. The zero-order valence-electron chi connectivity index (χ0n) is 15.4. The van der Waals surface area contributed by atoms with Gasteiger partial charge in [-0.1, -0.05) is 12.1 Å². The Morgan fingerprint density at radius 2 is 1.63 bits per heavy atom. The Hall–Kier alpha value is -2.79. The van der Waals surface area contributed by atoms with E-state index in [0.717, 1.165) is 0 Å². The number of nitrogens with two attached hydrogens (primary N) is 1. The highest BCUT2D eigenvalue weighted by Gasteiger charge is 2.37. The molecule has 0 fully saturated rings. The maximum Gasteiger partial charge on any atom is 0.417 e. The number of aliphatic imine (C=N–C) groups is 1. The first-order valence-corrected chi connectivity index (χ1v) is 9.01. The van der Waals surface area contributed by atoms with Crippen LogP contribution in [-0.2, 0) is 17.1 Å². The van der Waals surface area contributed by atoms with Crippen molar-refractivity contribution in [3.8, 4) is 11.1 Å². The fraction of sp³-hybridized carbons (Fsp3) is 0.158. The second kappa shape index (κ2) is 8.92. The summed E-state index contributed by atoms with van der Waals surface area (Å²) in [5, 5.41) is 7.90. The Labute approximate surface area is 172 Å². The van der Waals surface area contributed by atoms with Crippen molar-refractivity contribution in [3.05, 3.63) is 64.2 Å². The van der Waals surface area contributed by atoms with Gasteiger partial charge in [0, 0.05) is 5.69 Å². The van der Waals surface area contributed by atoms with E-state index >= 15 is 0 Å². The minimum atomic E-state index is -4.85. The number of nitrogens with zero attached hydrogens (tertiary/aromatic N) is 1. The molecule has 0 bridgehead atoms. The number of alkyl halides is 6. The lowest BCUT2D eigenvalue weighted by molar-refractivity contribution is -0.141. The van der Waals surface area contributed by atoms with Gasteiger partial charge in [-0.2, -0.15) is 26.3 Å². The van der Waals surface area contributed by atoms with Gasteiger partial charge < -0.3 is 5.32 Å². The summed E-state index contributed by atoms with van der Waals surface area (Å²) in [6.45, 7) is 4.80. The van der Waals surface area contributed by atoms with Crippen LogP contribution in [-0.4, -0.2) is 12.6 Å². The van der Waals surface area contributed by atoms with Crippen molar-refractivity contribution in [2.75, 3.05) is 5.32 Å². The summed E-state index contributed by atoms with van der Waals surface area (Å²) in [7, 11) is 0. The van der Waals surface area contributed by atoms with Crippen LogP contribution in [0.3, 0.4) is 0 Å². The van der Waals surface area contributed by atoms with Crippen molar-refractivity contribution in [2.45, 2.75) is 19.3 Å². The minimum Gasteiger partial charge on any atom is -0.321 e. The van der Waals surface area contributed by atoms with Gasteiger partial charge in [0.1, 0.15) is 4.91 Å². The summed E-state index contributed by atoms with van der Waals surface area (Å²) in [5.41, 5.74) is -2.66. The van der Waals surface area contributed by atoms with E-state index in [2.05, 4.69) is 17.0 Å². The number of hydrogen-bond acceptors (Lipinski definition) is 4. The number of allylic oxidation sites excluding steroid dienone is 1. The predicted octanol–water partition coefficient (Wildman–Crippen LogP) is 5.87. The van der Waals surface area contributed by atoms with Gasteiger partial charge in [-0.3, -0.25) is 14.9 Å². The molecule has 0 aromatic heterocycles. The molecule has 4 nitrogen and oxygen atoms in total. The summed E-state index contributed by atoms with van der Waals surface area (Å²) in [6, 6.07) is 6.12. The van der Waals surface area contributed by atoms with Gasteiger partial charge in [0.2, 0.25) is 0 Å². The second-order valence-corrected chi connectivity index (χ2v) is 6.62. The molecular weight excluding hydrogens is 432 g/mol. The molecule has 0 heterocycles. The number of anilines is 1. The lowest BCUT2D eigenvalue weighted by Crippen LogP contribution is -2.15. The zero-order valence-corrected chi connectivity index (χ0v) is 16.2. The fourth-order valence-corrected chi connectivity index (χ4v) is 2.90. The lowest BCUT2D eigenvalue weighted by atomic mass is 9.96. The van der Waals surface area contributed by atoms with E-state index in [1.807, 2.05) is 0 Å². The van der Waals surface area contributed by atoms with E-state index < -0.39 is 35.0 Å².